The fraction of sp³-hybridized carbons (Fsp3) is 0.389. The fourth-order valence-electron chi connectivity index (χ4n) is 3.51. The molecule has 0 spiro atoms. The number of benzene rings is 1. The van der Waals surface area contributed by atoms with Crippen molar-refractivity contribution in [3.05, 3.63) is 36.2 Å². The molecule has 1 aliphatic heterocycles. The third kappa shape index (κ3) is 2.72. The first-order valence-electron chi connectivity index (χ1n) is 8.35. The van der Waals surface area contributed by atoms with Crippen LogP contribution in [0.25, 0.3) is 21.8 Å². The number of nitrogens with one attached hydrogen (secondary N) is 1. The van der Waals surface area contributed by atoms with Gasteiger partial charge in [0.05, 0.1) is 22.9 Å². The number of phenols is 1. The van der Waals surface area contributed by atoms with Crippen LogP contribution in [0.4, 0.5) is 4.39 Å². The second-order valence-corrected chi connectivity index (χ2v) is 6.27. The Kier molecular flexibility index (Phi) is 4.08. The van der Waals surface area contributed by atoms with Gasteiger partial charge in [0.2, 0.25) is 0 Å². The Labute approximate surface area is 139 Å². The molecule has 0 radical (unpaired) electrons. The molecule has 0 amide bonds. The van der Waals surface area contributed by atoms with Crippen LogP contribution in [0.15, 0.2) is 30.5 Å². The van der Waals surface area contributed by atoms with Gasteiger partial charge in [0, 0.05) is 56.1 Å². The van der Waals surface area contributed by atoms with E-state index in [4.69, 9.17) is 0 Å². The number of alkyl halides is 1. The molecule has 0 aliphatic carbocycles. The van der Waals surface area contributed by atoms with Gasteiger partial charge in [0.15, 0.2) is 0 Å². The average Bonchev–Trinajstić information content (AvgIpc) is 2.92. The van der Waals surface area contributed by atoms with Gasteiger partial charge >= 0.3 is 0 Å². The Hall–Kier alpha value is -2.18. The topological polar surface area (TPSA) is 53.3 Å². The number of pyridine rings is 1. The van der Waals surface area contributed by atoms with Crippen molar-refractivity contribution in [2.24, 2.45) is 0 Å². The van der Waals surface area contributed by atoms with Crippen molar-refractivity contribution in [2.45, 2.75) is 13.2 Å². The largest absolute Gasteiger partial charge is 0.508 e. The molecule has 1 saturated heterocycles. The zero-order chi connectivity index (χ0) is 16.5. The van der Waals surface area contributed by atoms with Crippen LogP contribution >= 0.6 is 0 Å². The van der Waals surface area contributed by atoms with Crippen LogP contribution in [0.2, 0.25) is 0 Å². The lowest BCUT2D eigenvalue weighted by molar-refractivity contribution is 0.234. The molecular weight excluding hydrogens is 307 g/mol. The lowest BCUT2D eigenvalue weighted by Gasteiger charge is -2.27. The van der Waals surface area contributed by atoms with E-state index in [9.17, 15) is 9.50 Å². The third-order valence-electron chi connectivity index (χ3n) is 4.78. The molecule has 2 aromatic heterocycles. The monoisotopic (exact) mass is 328 g/mol. The summed E-state index contributed by atoms with van der Waals surface area (Å²) >= 11 is 0. The highest BCUT2D eigenvalue weighted by Crippen LogP contribution is 2.31. The highest BCUT2D eigenvalue weighted by molar-refractivity contribution is 6.08. The zero-order valence-electron chi connectivity index (χ0n) is 13.5. The van der Waals surface area contributed by atoms with Gasteiger partial charge in [-0.25, -0.2) is 4.39 Å². The number of hydrogen-bond donors (Lipinski definition) is 2. The van der Waals surface area contributed by atoms with E-state index < -0.39 is 6.67 Å². The van der Waals surface area contributed by atoms with E-state index >= 15 is 0 Å². The van der Waals surface area contributed by atoms with Gasteiger partial charge in [-0.3, -0.25) is 9.88 Å². The maximum Gasteiger partial charge on any atom is 0.131 e. The van der Waals surface area contributed by atoms with Crippen LogP contribution in [0.1, 0.15) is 5.69 Å². The van der Waals surface area contributed by atoms with Crippen LogP contribution < -0.4 is 5.32 Å². The molecule has 0 saturated carbocycles. The molecule has 1 aromatic carbocycles. The molecule has 0 atom stereocenters. The highest BCUT2D eigenvalue weighted by atomic mass is 19.1. The molecule has 24 heavy (non-hydrogen) atoms. The number of aromatic nitrogens is 2. The van der Waals surface area contributed by atoms with E-state index in [0.29, 0.717) is 5.69 Å². The Morgan fingerprint density at radius 3 is 2.71 bits per heavy atom. The number of fused-ring (bicyclic) bond motifs is 3. The van der Waals surface area contributed by atoms with Gasteiger partial charge in [-0.2, -0.15) is 0 Å². The maximum atomic E-state index is 13.0. The standard InChI is InChI=1S/C18H21FN4O/c19-11-13-9-16-15-2-1-14(24)10-17(15)23(18(16)12-21-13)8-7-22-5-3-20-4-6-22/h1-2,9-10,12,20,24H,3-8,11H2. The Bertz CT molecular complexity index is 870. The smallest absolute Gasteiger partial charge is 0.131 e. The summed E-state index contributed by atoms with van der Waals surface area (Å²) in [5.41, 5.74) is 2.40. The molecule has 1 fully saturated rings. The minimum Gasteiger partial charge on any atom is -0.508 e. The molecule has 1 aliphatic rings. The molecule has 126 valence electrons. The van der Waals surface area contributed by atoms with Gasteiger partial charge in [-0.1, -0.05) is 0 Å². The number of aromatic hydroxyl groups is 1. The summed E-state index contributed by atoms with van der Waals surface area (Å²) < 4.78 is 15.2. The fourth-order valence-corrected chi connectivity index (χ4v) is 3.51. The molecule has 5 nitrogen and oxygen atoms in total. The van der Waals surface area contributed by atoms with Crippen molar-refractivity contribution >= 4 is 21.8 Å². The number of rotatable bonds is 4. The maximum absolute atomic E-state index is 13.0. The minimum atomic E-state index is -0.568. The van der Waals surface area contributed by atoms with Crippen LogP contribution in [0, 0.1) is 0 Å². The summed E-state index contributed by atoms with van der Waals surface area (Å²) in [5, 5.41) is 15.3. The van der Waals surface area contributed by atoms with Crippen LogP contribution in [-0.4, -0.2) is 52.3 Å². The SMILES string of the molecule is Oc1ccc2c3cc(CF)ncc3n(CCN3CCNCC3)c2c1. The number of halogens is 1. The number of hydrogen-bond acceptors (Lipinski definition) is 4. The quantitative estimate of drug-likeness (QED) is 0.771. The second kappa shape index (κ2) is 6.37. The summed E-state index contributed by atoms with van der Waals surface area (Å²) in [6.45, 7) is 5.34. The first kappa shape index (κ1) is 15.4. The average molecular weight is 328 g/mol. The Balaban J connectivity index is 1.77. The van der Waals surface area contributed by atoms with E-state index in [1.807, 2.05) is 12.1 Å². The molecule has 3 heterocycles. The van der Waals surface area contributed by atoms with Gasteiger partial charge in [-0.05, 0) is 18.2 Å². The van der Waals surface area contributed by atoms with E-state index in [1.165, 1.54) is 0 Å². The summed E-state index contributed by atoms with van der Waals surface area (Å²) in [7, 11) is 0. The van der Waals surface area contributed by atoms with Crippen molar-refractivity contribution in [2.75, 3.05) is 32.7 Å². The van der Waals surface area contributed by atoms with Crippen molar-refractivity contribution in [3.63, 3.8) is 0 Å². The van der Waals surface area contributed by atoms with E-state index in [1.54, 1.807) is 18.3 Å². The summed E-state index contributed by atoms with van der Waals surface area (Å²) in [4.78, 5) is 6.65. The summed E-state index contributed by atoms with van der Waals surface area (Å²) in [5.74, 6) is 0.243. The van der Waals surface area contributed by atoms with Gasteiger partial charge < -0.3 is 15.0 Å². The minimum absolute atomic E-state index is 0.243. The molecular formula is C18H21FN4O. The lowest BCUT2D eigenvalue weighted by Crippen LogP contribution is -2.44. The first-order chi connectivity index (χ1) is 11.8. The zero-order valence-corrected chi connectivity index (χ0v) is 13.5. The third-order valence-corrected chi connectivity index (χ3v) is 4.78. The summed E-state index contributed by atoms with van der Waals surface area (Å²) in [6, 6.07) is 7.17. The van der Waals surface area contributed by atoms with Crippen LogP contribution in [0.3, 0.4) is 0 Å². The normalized spacial score (nSPS) is 16.2. The van der Waals surface area contributed by atoms with Crippen LogP contribution in [0.5, 0.6) is 5.75 Å². The molecule has 3 aromatic rings. The second-order valence-electron chi connectivity index (χ2n) is 6.27. The van der Waals surface area contributed by atoms with Crippen molar-refractivity contribution < 1.29 is 9.50 Å². The first-order valence-corrected chi connectivity index (χ1v) is 8.35. The van der Waals surface area contributed by atoms with Crippen molar-refractivity contribution in [1.82, 2.24) is 19.8 Å². The Morgan fingerprint density at radius 1 is 1.08 bits per heavy atom. The van der Waals surface area contributed by atoms with Crippen LogP contribution in [-0.2, 0) is 13.2 Å². The molecule has 0 unspecified atom stereocenters. The van der Waals surface area contributed by atoms with Gasteiger partial charge in [0.1, 0.15) is 12.4 Å². The van der Waals surface area contributed by atoms with Crippen molar-refractivity contribution in [1.29, 1.82) is 0 Å². The Morgan fingerprint density at radius 2 is 1.92 bits per heavy atom. The lowest BCUT2D eigenvalue weighted by atomic mass is 10.1. The highest BCUT2D eigenvalue weighted by Gasteiger charge is 2.15. The number of piperazine rings is 1. The van der Waals surface area contributed by atoms with E-state index in [0.717, 1.165) is 61.1 Å². The predicted octanol–water partition coefficient (Wildman–Crippen LogP) is 2.27. The molecule has 2 N–H and O–H groups in total. The van der Waals surface area contributed by atoms with E-state index in [2.05, 4.69) is 19.8 Å². The number of phenolic OH excluding ortho intramolecular Hbond substituents is 1. The molecule has 6 heteroatoms. The summed E-state index contributed by atoms with van der Waals surface area (Å²) in [6.07, 6.45) is 1.75. The van der Waals surface area contributed by atoms with Gasteiger partial charge in [0.25, 0.3) is 0 Å². The molecule has 4 rings (SSSR count). The number of nitrogens with zero attached hydrogens (tertiary/aromatic N) is 3. The molecule has 0 bridgehead atoms. The van der Waals surface area contributed by atoms with Gasteiger partial charge in [-0.15, -0.1) is 0 Å². The van der Waals surface area contributed by atoms with E-state index in [-0.39, 0.29) is 5.75 Å². The predicted molar refractivity (Wildman–Crippen MR) is 93.0 cm³/mol. The van der Waals surface area contributed by atoms with Crippen molar-refractivity contribution in [3.8, 4) is 5.75 Å².